The molecule has 0 aliphatic rings. The number of aryl methyl sites for hydroxylation is 1. The van der Waals surface area contributed by atoms with Gasteiger partial charge >= 0.3 is 16.8 Å². The quantitative estimate of drug-likeness (QED) is 0.0861. The lowest BCUT2D eigenvalue weighted by Crippen LogP contribution is -2.35. The van der Waals surface area contributed by atoms with Crippen molar-refractivity contribution in [3.63, 3.8) is 0 Å². The molecule has 232 valence electrons. The number of hydrogen-bond acceptors (Lipinski definition) is 6. The molecule has 0 N–H and O–H groups in total. The summed E-state index contributed by atoms with van der Waals surface area (Å²) < 4.78 is 38.1. The van der Waals surface area contributed by atoms with E-state index in [0.717, 1.165) is 44.1 Å². The molecule has 0 fully saturated rings. The predicted molar refractivity (Wildman–Crippen MR) is 164 cm³/mol. The molecular weight excluding hydrogens is 538 g/mol. The Labute approximate surface area is 249 Å². The Hall–Kier alpha value is -2.40. The van der Waals surface area contributed by atoms with Gasteiger partial charge in [0.25, 0.3) is 9.84 Å². The SMILES string of the molecule is [C-]#[N+]C(CCCCCCC(C)(C)C(=O)OCC)(CCCCCCC(C)(C)C(=O)OCC)S(=O)(=O)c1ccc(C)cc1. The number of hydrogen-bond donors (Lipinski definition) is 0. The molecule has 0 heterocycles. The number of nitrogens with zero attached hydrogens (tertiary/aromatic N) is 1. The standard InChI is InChI=1S/C33H53NO6S/c1-9-39-29(35)31(4,5)23-15-11-13-17-25-33(34-8,41(37,38)28-21-19-27(3)20-22-28)26-18-14-12-16-24-32(6,7)30(36)40-10-2/h19-22H,9-18,23-26H2,1-7H3. The first-order chi connectivity index (χ1) is 19.2. The first kappa shape index (κ1) is 36.6. The van der Waals surface area contributed by atoms with Crippen LogP contribution in [0.1, 0.15) is 124 Å². The van der Waals surface area contributed by atoms with Crippen LogP contribution in [0.5, 0.6) is 0 Å². The highest BCUT2D eigenvalue weighted by Crippen LogP contribution is 2.38. The van der Waals surface area contributed by atoms with Crippen molar-refractivity contribution in [3.05, 3.63) is 41.2 Å². The molecule has 41 heavy (non-hydrogen) atoms. The molecule has 0 atom stereocenters. The summed E-state index contributed by atoms with van der Waals surface area (Å²) in [5.41, 5.74) is -0.124. The lowest BCUT2D eigenvalue weighted by molar-refractivity contribution is -0.154. The number of rotatable bonds is 20. The van der Waals surface area contributed by atoms with Gasteiger partial charge in [-0.3, -0.25) is 14.4 Å². The van der Waals surface area contributed by atoms with Gasteiger partial charge in [0.2, 0.25) is 0 Å². The summed E-state index contributed by atoms with van der Waals surface area (Å²) in [7, 11) is -3.87. The third kappa shape index (κ3) is 11.1. The van der Waals surface area contributed by atoms with Gasteiger partial charge in [0.15, 0.2) is 0 Å². The second kappa shape index (κ2) is 16.9. The summed E-state index contributed by atoms with van der Waals surface area (Å²) in [5.74, 6) is -0.388. The van der Waals surface area contributed by atoms with Gasteiger partial charge in [-0.1, -0.05) is 56.2 Å². The lowest BCUT2D eigenvalue weighted by atomic mass is 9.86. The smallest absolute Gasteiger partial charge is 0.333 e. The van der Waals surface area contributed by atoms with Crippen molar-refractivity contribution < 1.29 is 27.5 Å². The van der Waals surface area contributed by atoms with Crippen LogP contribution in [0.3, 0.4) is 0 Å². The molecule has 0 aliphatic heterocycles. The number of sulfone groups is 1. The predicted octanol–water partition coefficient (Wildman–Crippen LogP) is 8.24. The van der Waals surface area contributed by atoms with E-state index in [1.165, 1.54) is 0 Å². The minimum Gasteiger partial charge on any atom is -0.466 e. The molecular formula is C33H53NO6S. The van der Waals surface area contributed by atoms with E-state index in [4.69, 9.17) is 16.0 Å². The van der Waals surface area contributed by atoms with E-state index in [1.54, 1.807) is 38.1 Å². The van der Waals surface area contributed by atoms with E-state index >= 15 is 0 Å². The lowest BCUT2D eigenvalue weighted by Gasteiger charge is -2.24. The maximum Gasteiger partial charge on any atom is 0.333 e. The van der Waals surface area contributed by atoms with Crippen LogP contribution in [0, 0.1) is 24.3 Å². The van der Waals surface area contributed by atoms with Crippen molar-refractivity contribution in [1.82, 2.24) is 0 Å². The summed E-state index contributed by atoms with van der Waals surface area (Å²) in [6.07, 6.45) is 8.20. The molecule has 1 aromatic rings. The normalized spacial score (nSPS) is 12.5. The van der Waals surface area contributed by atoms with Crippen molar-refractivity contribution in [2.75, 3.05) is 13.2 Å². The van der Waals surface area contributed by atoms with Gasteiger partial charge in [-0.15, -0.1) is 0 Å². The highest BCUT2D eigenvalue weighted by Gasteiger charge is 2.50. The summed E-state index contributed by atoms with van der Waals surface area (Å²) in [6.45, 7) is 21.9. The first-order valence-electron chi connectivity index (χ1n) is 15.2. The number of ether oxygens (including phenoxy) is 2. The monoisotopic (exact) mass is 591 g/mol. The molecule has 8 heteroatoms. The zero-order valence-corrected chi connectivity index (χ0v) is 27.3. The fraction of sp³-hybridized carbons (Fsp3) is 0.727. The second-order valence-corrected chi connectivity index (χ2v) is 14.6. The molecule has 0 saturated heterocycles. The van der Waals surface area contributed by atoms with Crippen LogP contribution >= 0.6 is 0 Å². The van der Waals surface area contributed by atoms with Crippen LogP contribution in [-0.4, -0.2) is 38.4 Å². The van der Waals surface area contributed by atoms with E-state index in [-0.39, 0.29) is 29.7 Å². The average molecular weight is 592 g/mol. The summed E-state index contributed by atoms with van der Waals surface area (Å²) in [5, 5.41) is 0. The van der Waals surface area contributed by atoms with E-state index in [1.807, 2.05) is 34.6 Å². The zero-order chi connectivity index (χ0) is 31.2. The van der Waals surface area contributed by atoms with Crippen molar-refractivity contribution in [2.24, 2.45) is 10.8 Å². The van der Waals surface area contributed by atoms with Gasteiger partial charge in [0.1, 0.15) is 0 Å². The van der Waals surface area contributed by atoms with E-state index in [0.29, 0.717) is 38.9 Å². The Morgan fingerprint density at radius 3 is 1.41 bits per heavy atom. The molecule has 0 unspecified atom stereocenters. The van der Waals surface area contributed by atoms with Gasteiger partial charge in [-0.25, -0.2) is 15.0 Å². The molecule has 0 aliphatic carbocycles. The topological polar surface area (TPSA) is 91.1 Å². The average Bonchev–Trinajstić information content (AvgIpc) is 2.91. The Kier molecular flexibility index (Phi) is 15.1. The van der Waals surface area contributed by atoms with Crippen molar-refractivity contribution in [1.29, 1.82) is 0 Å². The van der Waals surface area contributed by atoms with Crippen LogP contribution in [-0.2, 0) is 28.9 Å². The van der Waals surface area contributed by atoms with Gasteiger partial charge < -0.3 is 9.47 Å². The van der Waals surface area contributed by atoms with Crippen molar-refractivity contribution in [3.8, 4) is 0 Å². The van der Waals surface area contributed by atoms with E-state index < -0.39 is 25.5 Å². The van der Waals surface area contributed by atoms with Crippen LogP contribution in [0.4, 0.5) is 0 Å². The number of carbonyl (C=O) groups excluding carboxylic acids is 2. The Balaban J connectivity index is 2.83. The molecule has 1 rings (SSSR count). The van der Waals surface area contributed by atoms with Crippen LogP contribution in [0.15, 0.2) is 29.2 Å². The maximum atomic E-state index is 13.9. The highest BCUT2D eigenvalue weighted by molar-refractivity contribution is 7.93. The molecule has 0 amide bonds. The fourth-order valence-electron chi connectivity index (χ4n) is 5.00. The van der Waals surface area contributed by atoms with Gasteiger partial charge in [-0.2, -0.15) is 0 Å². The Morgan fingerprint density at radius 2 is 1.07 bits per heavy atom. The molecule has 0 radical (unpaired) electrons. The van der Waals surface area contributed by atoms with E-state index in [2.05, 4.69) is 4.85 Å². The van der Waals surface area contributed by atoms with Crippen LogP contribution < -0.4 is 0 Å². The molecule has 7 nitrogen and oxygen atoms in total. The van der Waals surface area contributed by atoms with Crippen molar-refractivity contribution in [2.45, 2.75) is 135 Å². The van der Waals surface area contributed by atoms with Crippen molar-refractivity contribution >= 4 is 21.8 Å². The largest absolute Gasteiger partial charge is 0.466 e. The molecule has 0 spiro atoms. The minimum atomic E-state index is -3.87. The number of unbranched alkanes of at least 4 members (excludes halogenated alkanes) is 6. The van der Waals surface area contributed by atoms with E-state index in [9.17, 15) is 18.0 Å². The van der Waals surface area contributed by atoms with Crippen LogP contribution in [0.2, 0.25) is 0 Å². The second-order valence-electron chi connectivity index (χ2n) is 12.4. The third-order valence-corrected chi connectivity index (χ3v) is 10.3. The van der Waals surface area contributed by atoms with Crippen LogP contribution in [0.25, 0.3) is 4.85 Å². The van der Waals surface area contributed by atoms with Gasteiger partial charge in [-0.05, 0) is 86.3 Å². The summed E-state index contributed by atoms with van der Waals surface area (Å²) in [4.78, 5) is 26.8. The molecule has 1 aromatic carbocycles. The number of benzene rings is 1. The fourth-order valence-corrected chi connectivity index (χ4v) is 6.88. The Morgan fingerprint density at radius 1 is 0.707 bits per heavy atom. The summed E-state index contributed by atoms with van der Waals surface area (Å²) in [6, 6.07) is 6.77. The minimum absolute atomic E-state index is 0.194. The third-order valence-electron chi connectivity index (χ3n) is 7.93. The molecule has 0 aromatic heterocycles. The maximum absolute atomic E-state index is 13.9. The first-order valence-corrected chi connectivity index (χ1v) is 16.7. The molecule has 0 bridgehead atoms. The Bertz CT molecular complexity index is 1060. The highest BCUT2D eigenvalue weighted by atomic mass is 32.2. The summed E-state index contributed by atoms with van der Waals surface area (Å²) >= 11 is 0. The van der Waals surface area contributed by atoms with Gasteiger partial charge in [0, 0.05) is 12.8 Å². The number of carbonyl (C=O) groups is 2. The number of esters is 2. The van der Waals surface area contributed by atoms with Gasteiger partial charge in [0.05, 0.1) is 28.9 Å². The molecule has 0 saturated carbocycles. The zero-order valence-electron chi connectivity index (χ0n) is 26.5.